The fraction of sp³-hybridized carbons (Fsp3) is 0.462. The van der Waals surface area contributed by atoms with Gasteiger partial charge >= 0.3 is 0 Å². The van der Waals surface area contributed by atoms with E-state index in [0.29, 0.717) is 23.8 Å². The number of nitrogens with one attached hydrogen (secondary N) is 2. The third-order valence-electron chi connectivity index (χ3n) is 2.37. The molecule has 0 aliphatic heterocycles. The van der Waals surface area contributed by atoms with Gasteiger partial charge in [0, 0.05) is 18.8 Å². The summed E-state index contributed by atoms with van der Waals surface area (Å²) in [5.74, 6) is 1.44. The van der Waals surface area contributed by atoms with Crippen LogP contribution in [-0.4, -0.2) is 39.7 Å². The maximum Gasteiger partial charge on any atom is 0.255 e. The van der Waals surface area contributed by atoms with Crippen molar-refractivity contribution in [3.8, 4) is 11.5 Å². The average molecular weight is 287 g/mol. The summed E-state index contributed by atoms with van der Waals surface area (Å²) in [6.07, 6.45) is -2.44. The molecule has 0 spiro atoms. The van der Waals surface area contributed by atoms with E-state index in [0.717, 1.165) is 0 Å². The topological polar surface area (TPSA) is 54.9 Å². The maximum absolute atomic E-state index is 12.2. The highest BCUT2D eigenvalue weighted by atomic mass is 19.3. The quantitative estimate of drug-likeness (QED) is 0.623. The minimum atomic E-state index is -2.44. The van der Waals surface area contributed by atoms with Gasteiger partial charge in [-0.3, -0.25) is 4.99 Å². The van der Waals surface area contributed by atoms with Crippen LogP contribution >= 0.6 is 0 Å². The first-order valence-electron chi connectivity index (χ1n) is 6.17. The lowest BCUT2D eigenvalue weighted by molar-refractivity contribution is 0.152. The van der Waals surface area contributed by atoms with E-state index in [2.05, 4.69) is 15.6 Å². The van der Waals surface area contributed by atoms with Gasteiger partial charge in [0.2, 0.25) is 0 Å². The van der Waals surface area contributed by atoms with Gasteiger partial charge in [-0.15, -0.1) is 0 Å². The highest BCUT2D eigenvalue weighted by Crippen LogP contribution is 2.30. The number of nitrogens with zero attached hydrogens (tertiary/aromatic N) is 1. The monoisotopic (exact) mass is 287 g/mol. The van der Waals surface area contributed by atoms with E-state index < -0.39 is 13.0 Å². The lowest BCUT2D eigenvalue weighted by atomic mass is 10.2. The summed E-state index contributed by atoms with van der Waals surface area (Å²) in [5, 5.41) is 5.42. The van der Waals surface area contributed by atoms with Crippen LogP contribution in [0.5, 0.6) is 11.5 Å². The van der Waals surface area contributed by atoms with E-state index in [1.807, 2.05) is 6.92 Å². The van der Waals surface area contributed by atoms with Crippen molar-refractivity contribution in [2.75, 3.05) is 32.6 Å². The molecule has 0 heterocycles. The molecule has 1 rings (SSSR count). The molecule has 0 bridgehead atoms. The van der Waals surface area contributed by atoms with Crippen molar-refractivity contribution in [2.45, 2.75) is 13.3 Å². The van der Waals surface area contributed by atoms with Gasteiger partial charge in [0.25, 0.3) is 6.43 Å². The Labute approximate surface area is 117 Å². The van der Waals surface area contributed by atoms with E-state index >= 15 is 0 Å². The summed E-state index contributed by atoms with van der Waals surface area (Å²) in [6.45, 7) is 1.90. The molecule has 0 fully saturated rings. The standard InChI is InChI=1S/C13H19F2N3O2/c1-4-20-11-7-9(5-6-10(11)19-3)18-13(16-2)17-8-12(14)15/h5-7,12H,4,8H2,1-3H3,(H2,16,17,18). The molecular formula is C13H19F2N3O2. The number of anilines is 1. The zero-order chi connectivity index (χ0) is 15.0. The fourth-order valence-electron chi connectivity index (χ4n) is 1.51. The number of ether oxygens (including phenoxy) is 2. The smallest absolute Gasteiger partial charge is 0.255 e. The number of halogens is 2. The van der Waals surface area contributed by atoms with Gasteiger partial charge in [-0.1, -0.05) is 0 Å². The number of hydrogen-bond donors (Lipinski definition) is 2. The van der Waals surface area contributed by atoms with Gasteiger partial charge in [-0.2, -0.15) is 0 Å². The zero-order valence-electron chi connectivity index (χ0n) is 11.7. The summed E-state index contributed by atoms with van der Waals surface area (Å²) in [6, 6.07) is 5.20. The van der Waals surface area contributed by atoms with Gasteiger partial charge in [0.05, 0.1) is 20.3 Å². The first kappa shape index (κ1) is 16.0. The number of methoxy groups -OCH3 is 1. The molecule has 0 atom stereocenters. The third-order valence-corrected chi connectivity index (χ3v) is 2.37. The number of guanidine groups is 1. The summed E-state index contributed by atoms with van der Waals surface area (Å²) in [7, 11) is 3.06. The molecular weight excluding hydrogens is 268 g/mol. The van der Waals surface area contributed by atoms with Gasteiger partial charge < -0.3 is 20.1 Å². The molecule has 0 aliphatic rings. The minimum Gasteiger partial charge on any atom is -0.493 e. The highest BCUT2D eigenvalue weighted by molar-refractivity contribution is 5.93. The van der Waals surface area contributed by atoms with Gasteiger partial charge in [-0.05, 0) is 19.1 Å². The third kappa shape index (κ3) is 4.91. The lowest BCUT2D eigenvalue weighted by Crippen LogP contribution is -2.34. The van der Waals surface area contributed by atoms with E-state index in [9.17, 15) is 8.78 Å². The van der Waals surface area contributed by atoms with Crippen molar-refractivity contribution in [2.24, 2.45) is 4.99 Å². The van der Waals surface area contributed by atoms with Crippen LogP contribution in [0.1, 0.15) is 6.92 Å². The van der Waals surface area contributed by atoms with E-state index in [-0.39, 0.29) is 5.96 Å². The largest absolute Gasteiger partial charge is 0.493 e. The van der Waals surface area contributed by atoms with Crippen LogP contribution in [0.2, 0.25) is 0 Å². The zero-order valence-corrected chi connectivity index (χ0v) is 11.7. The first-order valence-corrected chi connectivity index (χ1v) is 6.17. The Bertz CT molecular complexity index is 453. The molecule has 2 N–H and O–H groups in total. The van der Waals surface area contributed by atoms with Gasteiger partial charge in [0.1, 0.15) is 0 Å². The van der Waals surface area contributed by atoms with Crippen LogP contribution < -0.4 is 20.1 Å². The molecule has 7 heteroatoms. The molecule has 0 aliphatic carbocycles. The van der Waals surface area contributed by atoms with Gasteiger partial charge in [-0.25, -0.2) is 8.78 Å². The minimum absolute atomic E-state index is 0.262. The van der Waals surface area contributed by atoms with Crippen LogP contribution in [0.4, 0.5) is 14.5 Å². The Morgan fingerprint density at radius 2 is 2.10 bits per heavy atom. The Balaban J connectivity index is 2.78. The van der Waals surface area contributed by atoms with E-state index in [4.69, 9.17) is 9.47 Å². The Kier molecular flexibility index (Phi) is 6.55. The van der Waals surface area contributed by atoms with Crippen molar-refractivity contribution < 1.29 is 18.3 Å². The Hall–Kier alpha value is -2.05. The van der Waals surface area contributed by atoms with Crippen LogP contribution in [0.3, 0.4) is 0 Å². The molecule has 1 aromatic carbocycles. The van der Waals surface area contributed by atoms with Crippen molar-refractivity contribution in [1.82, 2.24) is 5.32 Å². The molecule has 20 heavy (non-hydrogen) atoms. The molecule has 5 nitrogen and oxygen atoms in total. The van der Waals surface area contributed by atoms with Crippen molar-refractivity contribution >= 4 is 11.6 Å². The van der Waals surface area contributed by atoms with E-state index in [1.165, 1.54) is 7.05 Å². The number of alkyl halides is 2. The highest BCUT2D eigenvalue weighted by Gasteiger charge is 2.08. The molecule has 0 aromatic heterocycles. The van der Waals surface area contributed by atoms with Crippen LogP contribution in [0.25, 0.3) is 0 Å². The van der Waals surface area contributed by atoms with Gasteiger partial charge in [0.15, 0.2) is 17.5 Å². The van der Waals surface area contributed by atoms with Crippen molar-refractivity contribution in [3.05, 3.63) is 18.2 Å². The SMILES string of the molecule is CCOc1cc(NC(=NC)NCC(F)F)ccc1OC. The normalized spacial score (nSPS) is 11.4. The lowest BCUT2D eigenvalue weighted by Gasteiger charge is -2.14. The summed E-state index contributed by atoms with van der Waals surface area (Å²) < 4.78 is 34.9. The second-order valence-corrected chi connectivity index (χ2v) is 3.77. The molecule has 1 aromatic rings. The summed E-state index contributed by atoms with van der Waals surface area (Å²) in [4.78, 5) is 3.86. The number of hydrogen-bond acceptors (Lipinski definition) is 3. The summed E-state index contributed by atoms with van der Waals surface area (Å²) in [5.41, 5.74) is 0.664. The molecule has 112 valence electrons. The molecule has 0 saturated carbocycles. The Morgan fingerprint density at radius 1 is 1.35 bits per heavy atom. The van der Waals surface area contributed by atoms with Crippen molar-refractivity contribution in [1.29, 1.82) is 0 Å². The van der Waals surface area contributed by atoms with Crippen LogP contribution in [0, 0.1) is 0 Å². The molecule has 0 amide bonds. The summed E-state index contributed by atoms with van der Waals surface area (Å²) >= 11 is 0. The molecule has 0 unspecified atom stereocenters. The predicted molar refractivity (Wildman–Crippen MR) is 75.2 cm³/mol. The van der Waals surface area contributed by atoms with Crippen LogP contribution in [-0.2, 0) is 0 Å². The number of rotatable bonds is 6. The number of aliphatic imine (C=N–C) groups is 1. The number of benzene rings is 1. The maximum atomic E-state index is 12.2. The van der Waals surface area contributed by atoms with Crippen LogP contribution in [0.15, 0.2) is 23.2 Å². The molecule has 0 radical (unpaired) electrons. The predicted octanol–water partition coefficient (Wildman–Crippen LogP) is 2.35. The first-order chi connectivity index (χ1) is 9.60. The Morgan fingerprint density at radius 3 is 2.65 bits per heavy atom. The van der Waals surface area contributed by atoms with E-state index in [1.54, 1.807) is 25.3 Å². The van der Waals surface area contributed by atoms with Crippen molar-refractivity contribution in [3.63, 3.8) is 0 Å². The average Bonchev–Trinajstić information content (AvgIpc) is 2.44. The second-order valence-electron chi connectivity index (χ2n) is 3.77. The fourth-order valence-corrected chi connectivity index (χ4v) is 1.51. The molecule has 0 saturated heterocycles. The second kappa shape index (κ2) is 8.19.